The number of hydrogen-bond acceptors (Lipinski definition) is 5. The van der Waals surface area contributed by atoms with E-state index < -0.39 is 0 Å². The van der Waals surface area contributed by atoms with Crippen LogP contribution in [0.5, 0.6) is 0 Å². The van der Waals surface area contributed by atoms with E-state index in [1.807, 2.05) is 55.8 Å². The second kappa shape index (κ2) is 8.62. The number of guanidine groups is 1. The molecule has 7 nitrogen and oxygen atoms in total. The second-order valence-electron chi connectivity index (χ2n) is 10.00. The Balaban J connectivity index is 1.31. The number of anilines is 3. The molecule has 0 spiro atoms. The van der Waals surface area contributed by atoms with Gasteiger partial charge in [0, 0.05) is 37.2 Å². The van der Waals surface area contributed by atoms with Gasteiger partial charge in [-0.1, -0.05) is 48.5 Å². The molecule has 2 aromatic heterocycles. The molecule has 2 atom stereocenters. The molecule has 37 heavy (non-hydrogen) atoms. The van der Waals surface area contributed by atoms with Crippen LogP contribution in [0.4, 0.5) is 17.2 Å². The van der Waals surface area contributed by atoms with E-state index in [0.29, 0.717) is 12.6 Å². The summed E-state index contributed by atoms with van der Waals surface area (Å²) in [7, 11) is 1.84. The van der Waals surface area contributed by atoms with E-state index in [2.05, 4.69) is 56.2 Å². The van der Waals surface area contributed by atoms with Crippen LogP contribution in [0.2, 0.25) is 0 Å². The summed E-state index contributed by atoms with van der Waals surface area (Å²) in [5.74, 6) is 1.70. The molecule has 0 bridgehead atoms. The first-order valence-electron chi connectivity index (χ1n) is 12.9. The van der Waals surface area contributed by atoms with Crippen molar-refractivity contribution in [3.8, 4) is 11.3 Å². The van der Waals surface area contributed by atoms with E-state index in [-0.39, 0.29) is 11.9 Å². The van der Waals surface area contributed by atoms with Gasteiger partial charge in [0.25, 0.3) is 5.91 Å². The number of amides is 1. The average Bonchev–Trinajstić information content (AvgIpc) is 3.63. The molecule has 2 aromatic carbocycles. The van der Waals surface area contributed by atoms with Gasteiger partial charge in [-0.2, -0.15) is 0 Å². The maximum Gasteiger partial charge on any atom is 0.264 e. The predicted octanol–water partition coefficient (Wildman–Crippen LogP) is 5.52. The second-order valence-corrected chi connectivity index (χ2v) is 10.00. The molecule has 7 rings (SSSR count). The SMILES string of the molecule is CN1C(=O)c2cn(Cc3ccc(-c4ccccn4)cc3)c(Nc3ccccc3)c2N2C1=N[C@@H]1CCC[C@@H]12. The van der Waals surface area contributed by atoms with E-state index in [1.165, 1.54) is 6.42 Å². The molecule has 0 saturated heterocycles. The van der Waals surface area contributed by atoms with E-state index >= 15 is 0 Å². The lowest BCUT2D eigenvalue weighted by Crippen LogP contribution is -2.51. The molecular weight excluding hydrogens is 460 g/mol. The molecular formula is C30H28N6O. The monoisotopic (exact) mass is 488 g/mol. The van der Waals surface area contributed by atoms with Gasteiger partial charge < -0.3 is 14.8 Å². The number of aliphatic imine (C=N–C) groups is 1. The number of carbonyl (C=O) groups is 1. The summed E-state index contributed by atoms with van der Waals surface area (Å²) in [6.45, 7) is 0.635. The molecule has 4 heterocycles. The van der Waals surface area contributed by atoms with Crippen molar-refractivity contribution in [2.45, 2.75) is 37.9 Å². The summed E-state index contributed by atoms with van der Waals surface area (Å²) >= 11 is 0. The Morgan fingerprint density at radius 3 is 2.57 bits per heavy atom. The third kappa shape index (κ3) is 3.61. The van der Waals surface area contributed by atoms with Crippen LogP contribution in [0.1, 0.15) is 35.2 Å². The Bertz CT molecular complexity index is 1490. The van der Waals surface area contributed by atoms with Crippen molar-refractivity contribution in [2.24, 2.45) is 4.99 Å². The normalized spacial score (nSPS) is 19.9. The summed E-state index contributed by atoms with van der Waals surface area (Å²) < 4.78 is 2.17. The van der Waals surface area contributed by atoms with Crippen LogP contribution in [0.15, 0.2) is 90.2 Å². The maximum atomic E-state index is 13.5. The molecule has 184 valence electrons. The van der Waals surface area contributed by atoms with Crippen molar-refractivity contribution in [1.29, 1.82) is 0 Å². The van der Waals surface area contributed by atoms with Crippen molar-refractivity contribution in [1.82, 2.24) is 14.5 Å². The number of pyridine rings is 1. The predicted molar refractivity (Wildman–Crippen MR) is 146 cm³/mol. The summed E-state index contributed by atoms with van der Waals surface area (Å²) in [6, 6.07) is 25.2. The summed E-state index contributed by atoms with van der Waals surface area (Å²) in [5.41, 5.74) is 5.85. The molecule has 1 saturated carbocycles. The van der Waals surface area contributed by atoms with Crippen LogP contribution in [0.3, 0.4) is 0 Å². The number of nitrogens with zero attached hydrogens (tertiary/aromatic N) is 5. The maximum absolute atomic E-state index is 13.5. The molecule has 1 fully saturated rings. The number of hydrogen-bond donors (Lipinski definition) is 1. The molecule has 7 heteroatoms. The fourth-order valence-electron chi connectivity index (χ4n) is 5.89. The van der Waals surface area contributed by atoms with Gasteiger partial charge in [-0.3, -0.25) is 14.7 Å². The van der Waals surface area contributed by atoms with Gasteiger partial charge >= 0.3 is 0 Å². The Morgan fingerprint density at radius 2 is 1.78 bits per heavy atom. The first-order chi connectivity index (χ1) is 18.2. The zero-order valence-corrected chi connectivity index (χ0v) is 20.7. The van der Waals surface area contributed by atoms with Gasteiger partial charge in [-0.25, -0.2) is 4.99 Å². The number of carbonyl (C=O) groups excluding carboxylic acids is 1. The quantitative estimate of drug-likeness (QED) is 0.402. The number of nitrogens with one attached hydrogen (secondary N) is 1. The van der Waals surface area contributed by atoms with Crippen LogP contribution in [-0.2, 0) is 6.54 Å². The molecule has 3 aliphatic rings. The van der Waals surface area contributed by atoms with Crippen LogP contribution >= 0.6 is 0 Å². The van der Waals surface area contributed by atoms with E-state index in [0.717, 1.165) is 58.4 Å². The van der Waals surface area contributed by atoms with Crippen LogP contribution in [0, 0.1) is 0 Å². The van der Waals surface area contributed by atoms with Crippen molar-refractivity contribution >= 4 is 29.1 Å². The lowest BCUT2D eigenvalue weighted by atomic mass is 10.1. The van der Waals surface area contributed by atoms with Gasteiger partial charge in [0.2, 0.25) is 5.96 Å². The molecule has 1 N–H and O–H groups in total. The van der Waals surface area contributed by atoms with Gasteiger partial charge in [-0.15, -0.1) is 0 Å². The minimum Gasteiger partial charge on any atom is -0.340 e. The highest BCUT2D eigenvalue weighted by Gasteiger charge is 2.48. The van der Waals surface area contributed by atoms with Crippen LogP contribution < -0.4 is 10.2 Å². The number of aromatic nitrogens is 2. The number of fused-ring (bicyclic) bond motifs is 5. The third-order valence-corrected chi connectivity index (χ3v) is 7.70. The molecule has 1 amide bonds. The Hall–Kier alpha value is -4.39. The average molecular weight is 489 g/mol. The largest absolute Gasteiger partial charge is 0.340 e. The zero-order valence-electron chi connectivity index (χ0n) is 20.7. The van der Waals surface area contributed by atoms with Gasteiger partial charge in [0.05, 0.1) is 29.0 Å². The molecule has 0 radical (unpaired) electrons. The van der Waals surface area contributed by atoms with Crippen molar-refractivity contribution in [3.63, 3.8) is 0 Å². The summed E-state index contributed by atoms with van der Waals surface area (Å²) in [5, 5.41) is 3.65. The highest BCUT2D eigenvalue weighted by Crippen LogP contribution is 2.46. The minimum absolute atomic E-state index is 0.00895. The van der Waals surface area contributed by atoms with Crippen molar-refractivity contribution in [3.05, 3.63) is 96.3 Å². The Labute approximate surface area is 216 Å². The standard InChI is InChI=1S/C30H28N6O/c1-34-29(37)23-19-35(18-20-13-15-21(16-14-20)24-10-5-6-17-31-24)28(32-22-8-3-2-4-9-22)27(23)36-26-12-7-11-25(26)33-30(34)36/h2-6,8-10,13-17,19,25-26,32H,7,11-12,18H2,1H3/t25-,26+/m1/s1. The fourth-order valence-corrected chi connectivity index (χ4v) is 5.89. The number of benzene rings is 2. The van der Waals surface area contributed by atoms with E-state index in [4.69, 9.17) is 4.99 Å². The Morgan fingerprint density at radius 1 is 0.973 bits per heavy atom. The van der Waals surface area contributed by atoms with E-state index in [9.17, 15) is 4.79 Å². The highest BCUT2D eigenvalue weighted by atomic mass is 16.2. The molecule has 0 unspecified atom stereocenters. The summed E-state index contributed by atoms with van der Waals surface area (Å²) in [6.07, 6.45) is 7.15. The first-order valence-corrected chi connectivity index (χ1v) is 12.9. The number of para-hydroxylation sites is 1. The number of rotatable bonds is 5. The lowest BCUT2D eigenvalue weighted by Gasteiger charge is -2.36. The molecule has 2 aliphatic heterocycles. The first kappa shape index (κ1) is 21.9. The topological polar surface area (TPSA) is 65.8 Å². The van der Waals surface area contributed by atoms with Gasteiger partial charge in [0.15, 0.2) is 0 Å². The van der Waals surface area contributed by atoms with E-state index in [1.54, 1.807) is 4.90 Å². The minimum atomic E-state index is -0.00895. The van der Waals surface area contributed by atoms with Crippen LogP contribution in [-0.4, -0.2) is 45.4 Å². The summed E-state index contributed by atoms with van der Waals surface area (Å²) in [4.78, 5) is 27.0. The fraction of sp³-hybridized carbons (Fsp3) is 0.233. The highest BCUT2D eigenvalue weighted by molar-refractivity contribution is 6.21. The van der Waals surface area contributed by atoms with Crippen molar-refractivity contribution in [2.75, 3.05) is 17.3 Å². The van der Waals surface area contributed by atoms with Crippen molar-refractivity contribution < 1.29 is 4.79 Å². The molecule has 4 aromatic rings. The van der Waals surface area contributed by atoms with Gasteiger partial charge in [-0.05, 0) is 49.1 Å². The zero-order chi connectivity index (χ0) is 24.9. The third-order valence-electron chi connectivity index (χ3n) is 7.70. The molecule has 1 aliphatic carbocycles. The van der Waals surface area contributed by atoms with Gasteiger partial charge in [0.1, 0.15) is 5.82 Å². The smallest absolute Gasteiger partial charge is 0.264 e. The van der Waals surface area contributed by atoms with Crippen LogP contribution in [0.25, 0.3) is 11.3 Å². The Kier molecular flexibility index (Phi) is 5.09. The lowest BCUT2D eigenvalue weighted by molar-refractivity contribution is 0.0865.